The molecule has 0 spiro atoms. The number of hydrogen-bond donors (Lipinski definition) is 3. The zero-order chi connectivity index (χ0) is 17.7. The fourth-order valence-corrected chi connectivity index (χ4v) is 2.89. The number of aliphatic carboxylic acids is 1. The van der Waals surface area contributed by atoms with Crippen LogP contribution in [-0.2, 0) is 20.8 Å². The lowest BCUT2D eigenvalue weighted by Crippen LogP contribution is -2.50. The van der Waals surface area contributed by atoms with Crippen LogP contribution in [0, 0.1) is 0 Å². The number of carbonyl (C=O) groups is 3. The van der Waals surface area contributed by atoms with E-state index in [2.05, 4.69) is 5.32 Å². The van der Waals surface area contributed by atoms with E-state index in [1.54, 1.807) is 0 Å². The Morgan fingerprint density at radius 1 is 1.29 bits per heavy atom. The number of aryl methyl sites for hydroxylation is 1. The molecule has 1 aliphatic heterocycles. The number of amides is 2. The van der Waals surface area contributed by atoms with Crippen molar-refractivity contribution in [1.82, 2.24) is 10.2 Å². The Bertz CT molecular complexity index is 604. The summed E-state index contributed by atoms with van der Waals surface area (Å²) in [6.07, 6.45) is 0.121. The second kappa shape index (κ2) is 7.92. The van der Waals surface area contributed by atoms with Crippen molar-refractivity contribution < 1.29 is 24.6 Å². The number of likely N-dealkylation sites (tertiary alicyclic amines) is 1. The standard InChI is InChI=1S/C17H22N2O5/c1-11(20)19-10-13(21)9-15(19)16(22)18-14(17(23)24)8-7-12-5-3-2-4-6-12/h2-6,13-15,21H,7-10H2,1H3,(H,18,22)(H,23,24)/t13-,14-,15+/m1/s1. The molecule has 3 atom stereocenters. The number of aliphatic hydroxyl groups excluding tert-OH is 1. The Balaban J connectivity index is 1.98. The van der Waals surface area contributed by atoms with Gasteiger partial charge in [-0.1, -0.05) is 30.3 Å². The molecule has 0 bridgehead atoms. The molecule has 7 nitrogen and oxygen atoms in total. The quantitative estimate of drug-likeness (QED) is 0.687. The number of benzene rings is 1. The minimum Gasteiger partial charge on any atom is -0.480 e. The van der Waals surface area contributed by atoms with E-state index in [9.17, 15) is 24.6 Å². The average molecular weight is 334 g/mol. The highest BCUT2D eigenvalue weighted by Gasteiger charge is 2.38. The molecule has 0 aromatic heterocycles. The van der Waals surface area contributed by atoms with Crippen molar-refractivity contribution in [2.24, 2.45) is 0 Å². The first-order chi connectivity index (χ1) is 11.4. The Kier molecular flexibility index (Phi) is 5.92. The van der Waals surface area contributed by atoms with Crippen LogP contribution in [0.15, 0.2) is 30.3 Å². The normalized spacial score (nSPS) is 21.3. The van der Waals surface area contributed by atoms with E-state index >= 15 is 0 Å². The number of nitrogens with zero attached hydrogens (tertiary/aromatic N) is 1. The maximum atomic E-state index is 12.4. The molecule has 3 N–H and O–H groups in total. The summed E-state index contributed by atoms with van der Waals surface area (Å²) in [4.78, 5) is 36.6. The summed E-state index contributed by atoms with van der Waals surface area (Å²) in [5, 5.41) is 21.5. The molecule has 24 heavy (non-hydrogen) atoms. The summed E-state index contributed by atoms with van der Waals surface area (Å²) in [6.45, 7) is 1.41. The third kappa shape index (κ3) is 4.55. The first kappa shape index (κ1) is 17.9. The third-order valence-corrected chi connectivity index (χ3v) is 4.17. The zero-order valence-corrected chi connectivity index (χ0v) is 13.5. The van der Waals surface area contributed by atoms with Crippen LogP contribution < -0.4 is 5.32 Å². The summed E-state index contributed by atoms with van der Waals surface area (Å²) in [5.41, 5.74) is 0.986. The number of carbonyl (C=O) groups excluding carboxylic acids is 2. The minimum atomic E-state index is -1.12. The molecule has 2 rings (SSSR count). The van der Waals surface area contributed by atoms with Crippen LogP contribution in [0.2, 0.25) is 0 Å². The van der Waals surface area contributed by atoms with Gasteiger partial charge in [0.1, 0.15) is 12.1 Å². The van der Waals surface area contributed by atoms with Gasteiger partial charge >= 0.3 is 5.97 Å². The third-order valence-electron chi connectivity index (χ3n) is 4.17. The largest absolute Gasteiger partial charge is 0.480 e. The van der Waals surface area contributed by atoms with E-state index in [4.69, 9.17) is 0 Å². The lowest BCUT2D eigenvalue weighted by Gasteiger charge is -2.24. The van der Waals surface area contributed by atoms with Crippen LogP contribution in [-0.4, -0.2) is 57.6 Å². The smallest absolute Gasteiger partial charge is 0.326 e. The SMILES string of the molecule is CC(=O)N1C[C@H](O)C[C@H]1C(=O)N[C@H](CCc1ccccc1)C(=O)O. The number of carboxylic acid groups (broad SMARTS) is 1. The predicted molar refractivity (Wildman–Crippen MR) is 86.1 cm³/mol. The van der Waals surface area contributed by atoms with Gasteiger partial charge in [0.2, 0.25) is 11.8 Å². The van der Waals surface area contributed by atoms with E-state index in [1.807, 2.05) is 30.3 Å². The Hall–Kier alpha value is -2.41. The lowest BCUT2D eigenvalue weighted by molar-refractivity contribution is -0.143. The number of β-amino-alcohol motifs (C(OH)–C–C–N with tert-alkyl or cyclic N) is 1. The molecule has 0 radical (unpaired) electrons. The van der Waals surface area contributed by atoms with Gasteiger partial charge in [0.25, 0.3) is 0 Å². The molecule has 130 valence electrons. The number of nitrogens with one attached hydrogen (secondary N) is 1. The summed E-state index contributed by atoms with van der Waals surface area (Å²) >= 11 is 0. The average Bonchev–Trinajstić information content (AvgIpc) is 2.94. The van der Waals surface area contributed by atoms with Crippen LogP contribution in [0.3, 0.4) is 0 Å². The fourth-order valence-electron chi connectivity index (χ4n) is 2.89. The van der Waals surface area contributed by atoms with Gasteiger partial charge in [0.05, 0.1) is 6.10 Å². The van der Waals surface area contributed by atoms with Crippen LogP contribution in [0.1, 0.15) is 25.3 Å². The predicted octanol–water partition coefficient (Wildman–Crippen LogP) is 0.170. The van der Waals surface area contributed by atoms with Gasteiger partial charge in [-0.15, -0.1) is 0 Å². The molecular formula is C17H22N2O5. The minimum absolute atomic E-state index is 0.0924. The second-order valence-corrected chi connectivity index (χ2v) is 6.00. The topological polar surface area (TPSA) is 107 Å². The highest BCUT2D eigenvalue weighted by Crippen LogP contribution is 2.18. The zero-order valence-electron chi connectivity index (χ0n) is 13.5. The summed E-state index contributed by atoms with van der Waals surface area (Å²) in [6, 6.07) is 7.54. The number of rotatable bonds is 6. The van der Waals surface area contributed by atoms with E-state index < -0.39 is 30.1 Å². The van der Waals surface area contributed by atoms with E-state index in [0.29, 0.717) is 6.42 Å². The van der Waals surface area contributed by atoms with Crippen LogP contribution in [0.4, 0.5) is 0 Å². The van der Waals surface area contributed by atoms with E-state index in [-0.39, 0.29) is 25.3 Å². The monoisotopic (exact) mass is 334 g/mol. The lowest BCUT2D eigenvalue weighted by atomic mass is 10.0. The van der Waals surface area contributed by atoms with Crippen LogP contribution >= 0.6 is 0 Å². The molecular weight excluding hydrogens is 312 g/mol. The number of hydrogen-bond acceptors (Lipinski definition) is 4. The van der Waals surface area contributed by atoms with Gasteiger partial charge in [-0.05, 0) is 18.4 Å². The van der Waals surface area contributed by atoms with Gasteiger partial charge in [0.15, 0.2) is 0 Å². The first-order valence-corrected chi connectivity index (χ1v) is 7.91. The highest BCUT2D eigenvalue weighted by molar-refractivity contribution is 5.90. The van der Waals surface area contributed by atoms with E-state index in [0.717, 1.165) is 5.56 Å². The first-order valence-electron chi connectivity index (χ1n) is 7.91. The molecule has 7 heteroatoms. The van der Waals surface area contributed by atoms with Crippen LogP contribution in [0.25, 0.3) is 0 Å². The summed E-state index contributed by atoms with van der Waals surface area (Å²) in [7, 11) is 0. The Labute approximate surface area is 140 Å². The van der Waals surface area contributed by atoms with Gasteiger partial charge in [-0.2, -0.15) is 0 Å². The van der Waals surface area contributed by atoms with Crippen molar-refractivity contribution in [1.29, 1.82) is 0 Å². The highest BCUT2D eigenvalue weighted by atomic mass is 16.4. The Morgan fingerprint density at radius 2 is 1.96 bits per heavy atom. The number of aliphatic hydroxyl groups is 1. The van der Waals surface area contributed by atoms with E-state index in [1.165, 1.54) is 11.8 Å². The van der Waals surface area contributed by atoms with Crippen molar-refractivity contribution in [3.8, 4) is 0 Å². The molecule has 0 saturated carbocycles. The summed E-state index contributed by atoms with van der Waals surface area (Å²) < 4.78 is 0. The molecule has 0 unspecified atom stereocenters. The fraction of sp³-hybridized carbons (Fsp3) is 0.471. The second-order valence-electron chi connectivity index (χ2n) is 6.00. The van der Waals surface area contributed by atoms with Crippen molar-refractivity contribution in [3.05, 3.63) is 35.9 Å². The van der Waals surface area contributed by atoms with Gasteiger partial charge < -0.3 is 20.4 Å². The molecule has 1 aromatic rings. The maximum absolute atomic E-state index is 12.4. The van der Waals surface area contributed by atoms with Crippen LogP contribution in [0.5, 0.6) is 0 Å². The Morgan fingerprint density at radius 3 is 2.54 bits per heavy atom. The molecule has 1 saturated heterocycles. The van der Waals surface area contributed by atoms with Crippen molar-refractivity contribution >= 4 is 17.8 Å². The van der Waals surface area contributed by atoms with Crippen molar-refractivity contribution in [3.63, 3.8) is 0 Å². The molecule has 1 aromatic carbocycles. The van der Waals surface area contributed by atoms with Crippen molar-refractivity contribution in [2.75, 3.05) is 6.54 Å². The molecule has 1 aliphatic rings. The molecule has 2 amide bonds. The maximum Gasteiger partial charge on any atom is 0.326 e. The summed E-state index contributed by atoms with van der Waals surface area (Å²) in [5.74, 6) is -1.97. The van der Waals surface area contributed by atoms with Crippen molar-refractivity contribution in [2.45, 2.75) is 44.4 Å². The molecule has 1 heterocycles. The van der Waals surface area contributed by atoms with Gasteiger partial charge in [-0.3, -0.25) is 9.59 Å². The number of carboxylic acids is 1. The molecule has 0 aliphatic carbocycles. The van der Waals surface area contributed by atoms with Gasteiger partial charge in [0, 0.05) is 19.9 Å². The molecule has 1 fully saturated rings. The van der Waals surface area contributed by atoms with Gasteiger partial charge in [-0.25, -0.2) is 4.79 Å².